The molecule has 6 rings (SSSR count). The first-order chi connectivity index (χ1) is 19.1. The van der Waals surface area contributed by atoms with Gasteiger partial charge >= 0.3 is 7.82 Å². The standard InChI is InChI=1S/C25H24Cl2N5O7P/c1-25(2)36-20-18(35-24(21(20)37-25)32-13-31-19-22(28)29-12-30-23(19)32)11-34-40(33,38-16-7-3-14(26)4-8-16)39-17-9-5-15(27)6-10-17/h3-10,12-13,18,20-21,24H,11H2,1-2H3,(H2,28,29,30)/t18-,20-,21-,24-/m1/s1. The van der Waals surface area contributed by atoms with Crippen LogP contribution in [0.25, 0.3) is 11.2 Å². The smallest absolute Gasteiger partial charge is 0.395 e. The summed E-state index contributed by atoms with van der Waals surface area (Å²) in [5.41, 5.74) is 6.86. The molecule has 0 saturated carbocycles. The van der Waals surface area contributed by atoms with E-state index in [0.29, 0.717) is 21.2 Å². The first kappa shape index (κ1) is 27.2. The van der Waals surface area contributed by atoms with Gasteiger partial charge in [-0.15, -0.1) is 0 Å². The number of nitrogens with two attached hydrogens (primary N) is 1. The summed E-state index contributed by atoms with van der Waals surface area (Å²) in [6, 6.07) is 12.6. The summed E-state index contributed by atoms with van der Waals surface area (Å²) in [5.74, 6) is -0.215. The zero-order valence-electron chi connectivity index (χ0n) is 21.2. The molecule has 0 spiro atoms. The fourth-order valence-electron chi connectivity index (χ4n) is 4.56. The van der Waals surface area contributed by atoms with Crippen LogP contribution in [0.5, 0.6) is 11.5 Å². The van der Waals surface area contributed by atoms with Gasteiger partial charge in [-0.2, -0.15) is 0 Å². The fourth-order valence-corrected chi connectivity index (χ4v) is 6.04. The molecule has 4 heterocycles. The first-order valence-corrected chi connectivity index (χ1v) is 14.4. The highest BCUT2D eigenvalue weighted by Crippen LogP contribution is 2.51. The number of aromatic nitrogens is 4. The van der Waals surface area contributed by atoms with Crippen LogP contribution in [0, 0.1) is 0 Å². The molecule has 210 valence electrons. The average molecular weight is 608 g/mol. The van der Waals surface area contributed by atoms with Crippen LogP contribution in [0.15, 0.2) is 61.2 Å². The van der Waals surface area contributed by atoms with E-state index in [1.807, 2.05) is 0 Å². The van der Waals surface area contributed by atoms with Crippen molar-refractivity contribution in [3.8, 4) is 11.5 Å². The van der Waals surface area contributed by atoms with Gasteiger partial charge in [0, 0.05) is 10.0 Å². The molecule has 2 saturated heterocycles. The zero-order chi connectivity index (χ0) is 28.1. The van der Waals surface area contributed by atoms with Gasteiger partial charge in [-0.25, -0.2) is 19.5 Å². The maximum atomic E-state index is 13.9. The molecule has 2 aromatic heterocycles. The van der Waals surface area contributed by atoms with Crippen molar-refractivity contribution in [2.45, 2.75) is 44.2 Å². The van der Waals surface area contributed by atoms with Crippen LogP contribution < -0.4 is 14.8 Å². The zero-order valence-corrected chi connectivity index (χ0v) is 23.6. The minimum Gasteiger partial charge on any atom is -0.395 e. The van der Waals surface area contributed by atoms with Gasteiger partial charge in [-0.3, -0.25) is 9.09 Å². The van der Waals surface area contributed by atoms with Gasteiger partial charge in [0.05, 0.1) is 12.9 Å². The largest absolute Gasteiger partial charge is 0.587 e. The summed E-state index contributed by atoms with van der Waals surface area (Å²) in [6.07, 6.45) is 0.310. The molecule has 0 radical (unpaired) electrons. The molecule has 0 aliphatic carbocycles. The molecule has 2 aliphatic heterocycles. The average Bonchev–Trinajstić information content (AvgIpc) is 3.57. The molecule has 2 fully saturated rings. The molecular weight excluding hydrogens is 584 g/mol. The number of nitrogen functional groups attached to an aromatic ring is 1. The number of hydrogen-bond donors (Lipinski definition) is 1. The van der Waals surface area contributed by atoms with Crippen molar-refractivity contribution in [3.05, 3.63) is 71.2 Å². The van der Waals surface area contributed by atoms with Crippen molar-refractivity contribution in [3.63, 3.8) is 0 Å². The third-order valence-corrected chi connectivity index (χ3v) is 8.08. The van der Waals surface area contributed by atoms with E-state index in [9.17, 15) is 4.57 Å². The maximum Gasteiger partial charge on any atom is 0.587 e. The van der Waals surface area contributed by atoms with E-state index in [4.69, 9.17) is 56.7 Å². The summed E-state index contributed by atoms with van der Waals surface area (Å²) < 4.78 is 51.6. The molecule has 0 amide bonds. The lowest BCUT2D eigenvalue weighted by Crippen LogP contribution is -2.33. The van der Waals surface area contributed by atoms with E-state index in [0.717, 1.165) is 0 Å². The lowest BCUT2D eigenvalue weighted by Gasteiger charge is -2.25. The van der Waals surface area contributed by atoms with Gasteiger partial charge in [0.1, 0.15) is 41.7 Å². The molecule has 4 atom stereocenters. The van der Waals surface area contributed by atoms with E-state index in [2.05, 4.69) is 15.0 Å². The molecule has 0 unspecified atom stereocenters. The molecule has 4 aromatic rings. The Balaban J connectivity index is 1.26. The first-order valence-electron chi connectivity index (χ1n) is 12.2. The third kappa shape index (κ3) is 5.48. The second-order valence-corrected chi connectivity index (χ2v) is 11.9. The fraction of sp³-hybridized carbons (Fsp3) is 0.320. The predicted molar refractivity (Wildman–Crippen MR) is 145 cm³/mol. The molecule has 15 heteroatoms. The number of phosphoric acid groups is 1. The molecule has 2 N–H and O–H groups in total. The summed E-state index contributed by atoms with van der Waals surface area (Å²) in [4.78, 5) is 12.6. The number of anilines is 1. The lowest BCUT2D eigenvalue weighted by molar-refractivity contribution is -0.199. The number of ether oxygens (including phenoxy) is 3. The normalized spacial score (nSPS) is 23.8. The highest BCUT2D eigenvalue weighted by atomic mass is 35.5. The van der Waals surface area contributed by atoms with Crippen LogP contribution >= 0.6 is 31.0 Å². The van der Waals surface area contributed by atoms with Crippen LogP contribution in [0.1, 0.15) is 20.1 Å². The number of hydrogen-bond acceptors (Lipinski definition) is 11. The minimum absolute atomic E-state index is 0.223. The van der Waals surface area contributed by atoms with E-state index >= 15 is 0 Å². The quantitative estimate of drug-likeness (QED) is 0.257. The van der Waals surface area contributed by atoms with Gasteiger partial charge in [-0.05, 0) is 62.4 Å². The molecular formula is C25H24Cl2N5O7P. The van der Waals surface area contributed by atoms with Gasteiger partial charge in [-0.1, -0.05) is 23.2 Å². The van der Waals surface area contributed by atoms with Crippen molar-refractivity contribution in [2.75, 3.05) is 12.3 Å². The Morgan fingerprint density at radius 1 is 0.950 bits per heavy atom. The Bertz CT molecular complexity index is 1520. The summed E-state index contributed by atoms with van der Waals surface area (Å²) in [6.45, 7) is 3.37. The summed E-state index contributed by atoms with van der Waals surface area (Å²) in [7, 11) is -4.26. The minimum atomic E-state index is -4.26. The van der Waals surface area contributed by atoms with Gasteiger partial charge in [0.2, 0.25) is 0 Å². The second kappa shape index (κ2) is 10.5. The van der Waals surface area contributed by atoms with E-state index in [1.165, 1.54) is 6.33 Å². The Morgan fingerprint density at radius 2 is 1.55 bits per heavy atom. The number of imidazole rings is 1. The van der Waals surface area contributed by atoms with Crippen LogP contribution in [0.2, 0.25) is 10.0 Å². The number of nitrogens with zero attached hydrogens (tertiary/aromatic N) is 4. The Labute approximate surface area is 238 Å². The van der Waals surface area contributed by atoms with E-state index in [1.54, 1.807) is 73.3 Å². The van der Waals surface area contributed by atoms with Crippen molar-refractivity contribution in [1.29, 1.82) is 0 Å². The highest BCUT2D eigenvalue weighted by Gasteiger charge is 2.56. The lowest BCUT2D eigenvalue weighted by atomic mass is 10.1. The van der Waals surface area contributed by atoms with E-state index < -0.39 is 38.1 Å². The van der Waals surface area contributed by atoms with Crippen LogP contribution in [0.3, 0.4) is 0 Å². The van der Waals surface area contributed by atoms with Crippen molar-refractivity contribution in [1.82, 2.24) is 19.5 Å². The maximum absolute atomic E-state index is 13.9. The number of rotatable bonds is 8. The summed E-state index contributed by atoms with van der Waals surface area (Å²) >= 11 is 12.0. The molecule has 2 aromatic carbocycles. The topological polar surface area (TPSA) is 142 Å². The van der Waals surface area contributed by atoms with Crippen LogP contribution in [-0.2, 0) is 23.3 Å². The van der Waals surface area contributed by atoms with Gasteiger partial charge in [0.15, 0.2) is 23.5 Å². The number of phosphoric ester groups is 1. The number of halogens is 2. The predicted octanol–water partition coefficient (Wildman–Crippen LogP) is 5.42. The van der Waals surface area contributed by atoms with Crippen molar-refractivity contribution in [2.24, 2.45) is 0 Å². The van der Waals surface area contributed by atoms with E-state index in [-0.39, 0.29) is 23.9 Å². The van der Waals surface area contributed by atoms with Crippen molar-refractivity contribution >= 4 is 48.0 Å². The van der Waals surface area contributed by atoms with Crippen molar-refractivity contribution < 1.29 is 32.3 Å². The molecule has 0 bridgehead atoms. The highest BCUT2D eigenvalue weighted by molar-refractivity contribution is 7.49. The third-order valence-electron chi connectivity index (χ3n) is 6.25. The molecule has 12 nitrogen and oxygen atoms in total. The molecule has 40 heavy (non-hydrogen) atoms. The summed E-state index contributed by atoms with van der Waals surface area (Å²) in [5, 5.41) is 0.969. The second-order valence-electron chi connectivity index (χ2n) is 9.55. The van der Waals surface area contributed by atoms with Gasteiger partial charge in [0.25, 0.3) is 0 Å². The number of fused-ring (bicyclic) bond motifs is 2. The SMILES string of the molecule is CC1(C)O[C@@H]2[C@H](O1)[C@@H](COP(=O)(Oc1ccc(Cl)cc1)Oc1ccc(Cl)cc1)O[C@H]2n1cnc2c(N)ncnc21. The Kier molecular flexibility index (Phi) is 7.12. The Hall–Kier alpha value is -2.96. The Morgan fingerprint density at radius 3 is 2.17 bits per heavy atom. The number of benzene rings is 2. The van der Waals surface area contributed by atoms with Crippen LogP contribution in [0.4, 0.5) is 5.82 Å². The monoisotopic (exact) mass is 607 g/mol. The molecule has 2 aliphatic rings. The van der Waals surface area contributed by atoms with Gasteiger partial charge < -0.3 is 29.0 Å². The van der Waals surface area contributed by atoms with Crippen LogP contribution in [-0.4, -0.2) is 50.2 Å².